The van der Waals surface area contributed by atoms with Gasteiger partial charge in [-0.05, 0) is 12.8 Å². The number of nitrogens with zero attached hydrogens (tertiary/aromatic N) is 2. The molecule has 0 atom stereocenters. The van der Waals surface area contributed by atoms with Crippen LogP contribution in [-0.4, -0.2) is 60.0 Å². The highest BCUT2D eigenvalue weighted by Crippen LogP contribution is 2.36. The molecular formula is C13H26F6N2O4S2. The van der Waals surface area contributed by atoms with Gasteiger partial charge >= 0.3 is 11.0 Å². The molecule has 14 heteroatoms. The van der Waals surface area contributed by atoms with E-state index in [1.54, 1.807) is 0 Å². The highest BCUT2D eigenvalue weighted by Gasteiger charge is 2.46. The maximum atomic E-state index is 11.4. The summed E-state index contributed by atoms with van der Waals surface area (Å²) in [4.78, 5) is 0. The molecular weight excluding hydrogens is 426 g/mol. The van der Waals surface area contributed by atoms with Crippen LogP contribution >= 0.6 is 0 Å². The lowest BCUT2D eigenvalue weighted by Gasteiger charge is -2.23. The maximum absolute atomic E-state index is 11.4. The minimum atomic E-state index is -6.72. The van der Waals surface area contributed by atoms with Crippen LogP contribution in [0, 0.1) is 0 Å². The summed E-state index contributed by atoms with van der Waals surface area (Å²) in [6.45, 7) is 3.60. The Morgan fingerprint density at radius 3 is 1.33 bits per heavy atom. The van der Waals surface area contributed by atoms with Crippen molar-refractivity contribution in [1.82, 2.24) is 0 Å². The normalized spacial score (nSPS) is 13.9. The van der Waals surface area contributed by atoms with E-state index in [4.69, 9.17) is 0 Å². The molecule has 0 N–H and O–H groups in total. The summed E-state index contributed by atoms with van der Waals surface area (Å²) in [7, 11) is -6.63. The number of hydrogen-bond donors (Lipinski definition) is 0. The fourth-order valence-electron chi connectivity index (χ4n) is 1.58. The SMILES string of the molecule is CCCCCCCC[N+](C)(C)C.O=S(=O)([N-]S(=O)(=O)C(F)(F)F)C(F)(F)F. The summed E-state index contributed by atoms with van der Waals surface area (Å²) in [6.07, 6.45) is 8.48. The molecule has 0 saturated heterocycles. The van der Waals surface area contributed by atoms with Gasteiger partial charge in [0.25, 0.3) is 0 Å². The fourth-order valence-corrected chi connectivity index (χ4v) is 3.29. The van der Waals surface area contributed by atoms with Crippen molar-refractivity contribution in [2.75, 3.05) is 27.7 Å². The quantitative estimate of drug-likeness (QED) is 0.299. The van der Waals surface area contributed by atoms with Crippen LogP contribution in [0.5, 0.6) is 0 Å². The van der Waals surface area contributed by atoms with Gasteiger partial charge in [-0.1, -0.05) is 32.6 Å². The first-order valence-electron chi connectivity index (χ1n) is 7.94. The van der Waals surface area contributed by atoms with Crippen LogP contribution in [0.1, 0.15) is 45.4 Å². The predicted octanol–water partition coefficient (Wildman–Crippen LogP) is 4.11. The fraction of sp³-hybridized carbons (Fsp3) is 1.00. The van der Waals surface area contributed by atoms with Gasteiger partial charge in [0.15, 0.2) is 20.0 Å². The summed E-state index contributed by atoms with van der Waals surface area (Å²) in [5, 5.41) is 0. The molecule has 0 aromatic carbocycles. The second kappa shape index (κ2) is 10.8. The van der Waals surface area contributed by atoms with Gasteiger partial charge in [-0.2, -0.15) is 26.3 Å². The number of unbranched alkanes of at least 4 members (excludes halogenated alkanes) is 5. The summed E-state index contributed by atoms with van der Waals surface area (Å²) in [5.74, 6) is 0. The Kier molecular flexibility index (Phi) is 11.5. The molecule has 0 aliphatic heterocycles. The maximum Gasteiger partial charge on any atom is 0.480 e. The van der Waals surface area contributed by atoms with E-state index >= 15 is 0 Å². The van der Waals surface area contributed by atoms with Crippen LogP contribution in [0.3, 0.4) is 0 Å². The average molecular weight is 452 g/mol. The van der Waals surface area contributed by atoms with Crippen molar-refractivity contribution in [2.45, 2.75) is 56.5 Å². The zero-order valence-corrected chi connectivity index (χ0v) is 17.2. The Hall–Kier alpha value is -0.600. The van der Waals surface area contributed by atoms with Crippen LogP contribution in [-0.2, 0) is 20.0 Å². The van der Waals surface area contributed by atoms with Gasteiger partial charge in [-0.25, -0.2) is 16.8 Å². The number of rotatable bonds is 9. The van der Waals surface area contributed by atoms with Crippen LogP contribution in [0.4, 0.5) is 26.3 Å². The Balaban J connectivity index is 0. The summed E-state index contributed by atoms with van der Waals surface area (Å²) >= 11 is 0. The number of sulfonamides is 2. The summed E-state index contributed by atoms with van der Waals surface area (Å²) < 4.78 is 110. The Morgan fingerprint density at radius 2 is 1.04 bits per heavy atom. The standard InChI is InChI=1S/C11H26N.C2F6NO4S2/c1-5-6-7-8-9-10-11-12(2,3)4;3-1(4,5)14(10,11)9-15(12,13)2(6,7)8/h5-11H2,1-4H3;/q+1;-1. The number of halogens is 6. The minimum Gasteiger partial charge on any atom is -0.421 e. The number of hydrogen-bond acceptors (Lipinski definition) is 4. The molecule has 0 aromatic heterocycles. The molecule has 0 aromatic rings. The third-order valence-corrected chi connectivity index (χ3v) is 5.70. The average Bonchev–Trinajstić information content (AvgIpc) is 2.38. The van der Waals surface area contributed by atoms with Gasteiger partial charge < -0.3 is 8.61 Å². The Morgan fingerprint density at radius 1 is 0.704 bits per heavy atom. The minimum absolute atomic E-state index is 0.778. The van der Waals surface area contributed by atoms with Crippen LogP contribution in [0.15, 0.2) is 0 Å². The molecule has 27 heavy (non-hydrogen) atoms. The van der Waals surface area contributed by atoms with Crippen LogP contribution in [0.25, 0.3) is 4.13 Å². The molecule has 0 aliphatic rings. The van der Waals surface area contributed by atoms with E-state index in [1.165, 1.54) is 45.1 Å². The van der Waals surface area contributed by atoms with E-state index in [-0.39, 0.29) is 0 Å². The van der Waals surface area contributed by atoms with E-state index in [2.05, 4.69) is 28.1 Å². The molecule has 0 heterocycles. The van der Waals surface area contributed by atoms with Crippen molar-refractivity contribution >= 4 is 20.0 Å². The third-order valence-electron chi connectivity index (χ3n) is 2.96. The molecule has 0 amide bonds. The van der Waals surface area contributed by atoms with Crippen molar-refractivity contribution in [1.29, 1.82) is 0 Å². The highest BCUT2D eigenvalue weighted by atomic mass is 32.3. The zero-order chi connectivity index (χ0) is 22.2. The van der Waals surface area contributed by atoms with Gasteiger partial charge in [0.05, 0.1) is 27.7 Å². The van der Waals surface area contributed by atoms with Gasteiger partial charge in [-0.15, -0.1) is 0 Å². The number of alkyl halides is 6. The first-order valence-corrected chi connectivity index (χ1v) is 10.8. The van der Waals surface area contributed by atoms with Crippen LogP contribution in [0.2, 0.25) is 0 Å². The molecule has 0 rings (SSSR count). The molecule has 0 bridgehead atoms. The molecule has 166 valence electrons. The monoisotopic (exact) mass is 452 g/mol. The van der Waals surface area contributed by atoms with Crippen molar-refractivity contribution < 1.29 is 47.7 Å². The molecule has 0 spiro atoms. The van der Waals surface area contributed by atoms with Gasteiger partial charge in [-0.3, -0.25) is 0 Å². The van der Waals surface area contributed by atoms with Crippen molar-refractivity contribution in [3.8, 4) is 0 Å². The van der Waals surface area contributed by atoms with Crippen molar-refractivity contribution in [3.05, 3.63) is 4.13 Å². The predicted molar refractivity (Wildman–Crippen MR) is 89.6 cm³/mol. The zero-order valence-electron chi connectivity index (χ0n) is 15.6. The molecule has 0 aliphatic carbocycles. The summed E-state index contributed by atoms with van der Waals surface area (Å²) in [6, 6.07) is 0. The molecule has 0 fully saturated rings. The Bertz CT molecular complexity index is 581. The number of quaternary nitrogens is 1. The molecule has 0 unspecified atom stereocenters. The van der Waals surface area contributed by atoms with Crippen molar-refractivity contribution in [2.24, 2.45) is 0 Å². The van der Waals surface area contributed by atoms with E-state index in [1.807, 2.05) is 0 Å². The molecule has 0 saturated carbocycles. The largest absolute Gasteiger partial charge is 0.480 e. The first kappa shape index (κ1) is 28.6. The summed E-state index contributed by atoms with van der Waals surface area (Å²) in [5.41, 5.74) is -12.4. The lowest BCUT2D eigenvalue weighted by Crippen LogP contribution is -2.35. The van der Waals surface area contributed by atoms with Gasteiger partial charge in [0.1, 0.15) is 0 Å². The first-order chi connectivity index (χ1) is 11.8. The topological polar surface area (TPSA) is 82.4 Å². The third kappa shape index (κ3) is 13.2. The second-order valence-electron chi connectivity index (χ2n) is 6.70. The van der Waals surface area contributed by atoms with E-state index in [9.17, 15) is 43.2 Å². The second-order valence-corrected chi connectivity index (χ2v) is 10.1. The lowest BCUT2D eigenvalue weighted by atomic mass is 10.1. The smallest absolute Gasteiger partial charge is 0.421 e. The van der Waals surface area contributed by atoms with Crippen LogP contribution < -0.4 is 0 Å². The lowest BCUT2D eigenvalue weighted by molar-refractivity contribution is -0.870. The van der Waals surface area contributed by atoms with E-state index < -0.39 is 31.1 Å². The van der Waals surface area contributed by atoms with Gasteiger partial charge in [0, 0.05) is 0 Å². The highest BCUT2D eigenvalue weighted by molar-refractivity contribution is 8.13. The Labute approximate surface area is 156 Å². The van der Waals surface area contributed by atoms with E-state index in [0.717, 1.165) is 8.61 Å². The molecule has 6 nitrogen and oxygen atoms in total. The van der Waals surface area contributed by atoms with Crippen molar-refractivity contribution in [3.63, 3.8) is 0 Å². The van der Waals surface area contributed by atoms with Gasteiger partial charge in [0.2, 0.25) is 0 Å². The molecule has 0 radical (unpaired) electrons. The van der Waals surface area contributed by atoms with E-state index in [0.29, 0.717) is 0 Å².